The van der Waals surface area contributed by atoms with Crippen molar-refractivity contribution < 1.29 is 63.3 Å². The summed E-state index contributed by atoms with van der Waals surface area (Å²) in [7, 11) is 0. The lowest BCUT2D eigenvalue weighted by Crippen LogP contribution is -2.61. The Labute approximate surface area is 368 Å². The molecule has 16 N–H and O–H groups in total. The number of nitrogens with two attached hydrogens (primary N) is 2. The van der Waals surface area contributed by atoms with Crippen molar-refractivity contribution in [2.45, 2.75) is 122 Å². The Kier molecular flexibility index (Phi) is 23.9. The monoisotopic (exact) mass is 914 g/mol. The highest BCUT2D eigenvalue weighted by atomic mass is 32.1. The third kappa shape index (κ3) is 19.8. The summed E-state index contributed by atoms with van der Waals surface area (Å²) in [5.74, 6) is -10.4. The van der Waals surface area contributed by atoms with Gasteiger partial charge in [0.25, 0.3) is 0 Å². The van der Waals surface area contributed by atoms with Gasteiger partial charge < -0.3 is 74.3 Å². The van der Waals surface area contributed by atoms with Crippen LogP contribution in [0.25, 0.3) is 0 Å². The van der Waals surface area contributed by atoms with Gasteiger partial charge in [-0.05, 0) is 38.5 Å². The van der Waals surface area contributed by atoms with Gasteiger partial charge in [0.15, 0.2) is 0 Å². The van der Waals surface area contributed by atoms with Crippen molar-refractivity contribution in [1.82, 2.24) is 52.5 Å². The maximum Gasteiger partial charge on any atom is 0.325 e. The van der Waals surface area contributed by atoms with Crippen molar-refractivity contribution in [2.24, 2.45) is 23.3 Å². The lowest BCUT2D eigenvalue weighted by Gasteiger charge is -2.27. The zero-order valence-electron chi connectivity index (χ0n) is 35.9. The minimum atomic E-state index is -1.70. The molecular formula is C37H62N12O13S. The summed E-state index contributed by atoms with van der Waals surface area (Å²) in [5.41, 5.74) is 11.2. The number of carboxylic acids is 1. The maximum atomic E-state index is 13.5. The lowest BCUT2D eigenvalue weighted by atomic mass is 10.0. The van der Waals surface area contributed by atoms with Crippen LogP contribution >= 0.6 is 12.6 Å². The highest BCUT2D eigenvalue weighted by molar-refractivity contribution is 7.80. The number of H-pyrrole nitrogens is 1. The lowest BCUT2D eigenvalue weighted by molar-refractivity contribution is -0.141. The molecule has 0 aliphatic carbocycles. The number of rotatable bonds is 28. The molecule has 354 valence electrons. The van der Waals surface area contributed by atoms with E-state index in [-0.39, 0.29) is 36.9 Å². The molecule has 1 heterocycles. The summed E-state index contributed by atoms with van der Waals surface area (Å²) in [6.07, 6.45) is 2.05. The molecule has 63 heavy (non-hydrogen) atoms. The number of carbonyl (C=O) groups is 10. The number of aromatic amines is 1. The van der Waals surface area contributed by atoms with Gasteiger partial charge in [-0.25, -0.2) is 4.98 Å². The molecule has 1 aromatic heterocycles. The number of carbonyl (C=O) groups excluding carboxylic acids is 9. The SMILES string of the molecule is CC(C)C[C@H](NC(=O)[C@H](CO)NC(=O)[C@H](CC(C)C)NC(=O)[C@@H](N)CC(N)=O)C(=O)N[C@@H](CO)C(=O)N[C@@H](CS)C(=O)N[C@@H](Cc1cnc[nH]1)C(=O)N[C@@H](C)C(=O)N[C@@H](C)C(=O)O. The molecule has 25 nitrogen and oxygen atoms in total. The van der Waals surface area contributed by atoms with Crippen molar-refractivity contribution in [3.63, 3.8) is 0 Å². The van der Waals surface area contributed by atoms with Crippen LogP contribution in [0.1, 0.15) is 66.5 Å². The molecule has 0 saturated heterocycles. The van der Waals surface area contributed by atoms with Crippen molar-refractivity contribution in [3.05, 3.63) is 18.2 Å². The number of aliphatic hydroxyl groups excluding tert-OH is 2. The summed E-state index contributed by atoms with van der Waals surface area (Å²) < 4.78 is 0. The summed E-state index contributed by atoms with van der Waals surface area (Å²) in [4.78, 5) is 134. The molecular weight excluding hydrogens is 853 g/mol. The van der Waals surface area contributed by atoms with Crippen LogP contribution in [0.2, 0.25) is 0 Å². The van der Waals surface area contributed by atoms with E-state index in [1.54, 1.807) is 27.7 Å². The first-order valence-electron chi connectivity index (χ1n) is 19.9. The highest BCUT2D eigenvalue weighted by Crippen LogP contribution is 2.09. The van der Waals surface area contributed by atoms with E-state index in [2.05, 4.69) is 65.1 Å². The number of aliphatic carboxylic acids is 1. The Morgan fingerprint density at radius 1 is 0.603 bits per heavy atom. The van der Waals surface area contributed by atoms with E-state index in [1.165, 1.54) is 26.4 Å². The molecule has 0 unspecified atom stereocenters. The van der Waals surface area contributed by atoms with E-state index < -0.39 is 133 Å². The second-order valence-electron chi connectivity index (χ2n) is 15.5. The Balaban J connectivity index is 3.13. The number of imidazole rings is 1. The number of hydrogen-bond donors (Lipinski definition) is 15. The summed E-state index contributed by atoms with van der Waals surface area (Å²) in [5, 5.41) is 48.1. The largest absolute Gasteiger partial charge is 0.480 e. The van der Waals surface area contributed by atoms with Crippen molar-refractivity contribution in [1.29, 1.82) is 0 Å². The molecule has 1 aromatic rings. The first-order valence-corrected chi connectivity index (χ1v) is 20.6. The number of aromatic nitrogens is 2. The molecule has 26 heteroatoms. The minimum absolute atomic E-state index is 0.0342. The van der Waals surface area contributed by atoms with Crippen LogP contribution in [-0.4, -0.2) is 158 Å². The third-order valence-corrected chi connectivity index (χ3v) is 9.34. The smallest absolute Gasteiger partial charge is 0.325 e. The number of hydrogen-bond acceptors (Lipinski definition) is 15. The van der Waals surface area contributed by atoms with Gasteiger partial charge in [-0.2, -0.15) is 12.6 Å². The topological polar surface area (TPSA) is 408 Å². The average Bonchev–Trinajstić information content (AvgIpc) is 3.72. The molecule has 0 aliphatic rings. The summed E-state index contributed by atoms with van der Waals surface area (Å²) >= 11 is 4.13. The van der Waals surface area contributed by atoms with Gasteiger partial charge in [-0.3, -0.25) is 47.9 Å². The quantitative estimate of drug-likeness (QED) is 0.0348. The minimum Gasteiger partial charge on any atom is -0.480 e. The normalized spacial score (nSPS) is 15.4. The summed E-state index contributed by atoms with van der Waals surface area (Å²) in [6, 6.07) is -12.7. The van der Waals surface area contributed by atoms with Gasteiger partial charge in [0, 0.05) is 24.1 Å². The fourth-order valence-electron chi connectivity index (χ4n) is 5.54. The van der Waals surface area contributed by atoms with Crippen LogP contribution in [0.5, 0.6) is 0 Å². The number of aliphatic hydroxyl groups is 2. The zero-order chi connectivity index (χ0) is 48.1. The number of primary amides is 1. The van der Waals surface area contributed by atoms with Gasteiger partial charge in [-0.15, -0.1) is 0 Å². The van der Waals surface area contributed by atoms with Gasteiger partial charge >= 0.3 is 5.97 Å². The van der Waals surface area contributed by atoms with Gasteiger partial charge in [0.2, 0.25) is 53.2 Å². The van der Waals surface area contributed by atoms with E-state index in [0.717, 1.165) is 0 Å². The number of thiol groups is 1. The average molecular weight is 915 g/mol. The number of amides is 9. The van der Waals surface area contributed by atoms with Crippen LogP contribution < -0.4 is 54.0 Å². The number of carboxylic acid groups (broad SMARTS) is 1. The van der Waals surface area contributed by atoms with Gasteiger partial charge in [0.05, 0.1) is 32.0 Å². The molecule has 0 fully saturated rings. The van der Waals surface area contributed by atoms with Crippen molar-refractivity contribution >= 4 is 71.8 Å². The Bertz CT molecular complexity index is 1750. The number of nitrogens with one attached hydrogen (secondary N) is 9. The molecule has 9 atom stereocenters. The van der Waals surface area contributed by atoms with Crippen LogP contribution in [0.4, 0.5) is 0 Å². The first kappa shape index (κ1) is 55.2. The van der Waals surface area contributed by atoms with Crippen molar-refractivity contribution in [2.75, 3.05) is 19.0 Å². The van der Waals surface area contributed by atoms with Gasteiger partial charge in [-0.1, -0.05) is 27.7 Å². The van der Waals surface area contributed by atoms with E-state index in [9.17, 15) is 58.2 Å². The van der Waals surface area contributed by atoms with E-state index in [0.29, 0.717) is 5.69 Å². The van der Waals surface area contributed by atoms with Crippen LogP contribution in [0.3, 0.4) is 0 Å². The molecule has 0 aromatic carbocycles. The maximum absolute atomic E-state index is 13.5. The Morgan fingerprint density at radius 3 is 1.41 bits per heavy atom. The predicted octanol–water partition coefficient (Wildman–Crippen LogP) is -5.84. The first-order chi connectivity index (χ1) is 29.4. The molecule has 0 aliphatic heterocycles. The Hall–Kier alpha value is -5.86. The molecule has 1 rings (SSSR count). The zero-order valence-corrected chi connectivity index (χ0v) is 36.8. The van der Waals surface area contributed by atoms with E-state index >= 15 is 0 Å². The van der Waals surface area contributed by atoms with Crippen LogP contribution in [-0.2, 0) is 54.4 Å². The molecule has 9 amide bonds. The molecule has 0 bridgehead atoms. The van der Waals surface area contributed by atoms with E-state index in [1.807, 2.05) is 0 Å². The fourth-order valence-corrected chi connectivity index (χ4v) is 5.80. The van der Waals surface area contributed by atoms with Crippen molar-refractivity contribution in [3.8, 4) is 0 Å². The predicted molar refractivity (Wildman–Crippen MR) is 225 cm³/mol. The number of nitrogens with zero attached hydrogens (tertiary/aromatic N) is 1. The fraction of sp³-hybridized carbons (Fsp3) is 0.649. The highest BCUT2D eigenvalue weighted by Gasteiger charge is 2.34. The standard InChI is InChI=1S/C37H62N12O13S/c1-16(2)7-22(44-30(54)21(38)10-28(39)52)32(56)47-25(12-50)34(58)45-23(8-17(3)4)33(57)48-26(13-51)35(59)49-27(14-63)36(60)46-24(9-20-11-40-15-41-20)31(55)42-18(5)29(53)43-19(6)37(61)62/h11,15-19,21-27,50-51,63H,7-10,12-14,38H2,1-6H3,(H2,39,52)(H,40,41)(H,42,55)(H,43,53)(H,44,54)(H,45,58)(H,46,60)(H,47,56)(H,48,57)(H,49,59)(H,61,62)/t18-,19-,21-,22-,23-,24-,25-,26-,27-/m0/s1. The summed E-state index contributed by atoms with van der Waals surface area (Å²) in [6.45, 7) is 7.49. The second-order valence-corrected chi connectivity index (χ2v) is 15.9. The molecule has 0 spiro atoms. The molecule has 0 saturated carbocycles. The Morgan fingerprint density at radius 2 is 1.00 bits per heavy atom. The van der Waals surface area contributed by atoms with E-state index in [4.69, 9.17) is 16.6 Å². The molecule has 0 radical (unpaired) electrons. The van der Waals surface area contributed by atoms with Crippen LogP contribution in [0.15, 0.2) is 12.5 Å². The van der Waals surface area contributed by atoms with Crippen LogP contribution in [0, 0.1) is 11.8 Å². The third-order valence-electron chi connectivity index (χ3n) is 8.98. The second kappa shape index (κ2) is 27.3. The van der Waals surface area contributed by atoms with Gasteiger partial charge in [0.1, 0.15) is 48.3 Å².